The van der Waals surface area contributed by atoms with Crippen LogP contribution in [0.3, 0.4) is 0 Å². The molecule has 1 aromatic rings. The van der Waals surface area contributed by atoms with Crippen molar-refractivity contribution in [1.29, 1.82) is 0 Å². The average Bonchev–Trinajstić information content (AvgIpc) is 2.16. The van der Waals surface area contributed by atoms with Crippen LogP contribution >= 0.6 is 0 Å². The second-order valence-corrected chi connectivity index (χ2v) is 3.55. The zero-order valence-electron chi connectivity index (χ0n) is 9.04. The molecule has 0 bridgehead atoms. The first-order chi connectivity index (χ1) is 6.65. The van der Waals surface area contributed by atoms with Gasteiger partial charge in [0.1, 0.15) is 0 Å². The van der Waals surface area contributed by atoms with Gasteiger partial charge in [0, 0.05) is 32.0 Å². The fourth-order valence-corrected chi connectivity index (χ4v) is 1.40. The third-order valence-electron chi connectivity index (χ3n) is 2.13. The lowest BCUT2D eigenvalue weighted by Gasteiger charge is -2.17. The first-order valence-corrected chi connectivity index (χ1v) is 4.78. The highest BCUT2D eigenvalue weighted by molar-refractivity contribution is 5.61. The van der Waals surface area contributed by atoms with Crippen LogP contribution in [0.2, 0.25) is 0 Å². The Morgan fingerprint density at radius 2 is 2.07 bits per heavy atom. The van der Waals surface area contributed by atoms with Crippen LogP contribution in [0.15, 0.2) is 18.2 Å². The second-order valence-electron chi connectivity index (χ2n) is 3.55. The summed E-state index contributed by atoms with van der Waals surface area (Å²) in [4.78, 5) is 2.08. The first-order valence-electron chi connectivity index (χ1n) is 4.78. The number of aliphatic hydroxyl groups excluding tert-OH is 1. The molecule has 0 radical (unpaired) electrons. The van der Waals surface area contributed by atoms with Gasteiger partial charge in [-0.2, -0.15) is 0 Å². The monoisotopic (exact) mass is 194 g/mol. The van der Waals surface area contributed by atoms with Crippen molar-refractivity contribution in [2.45, 2.75) is 6.92 Å². The van der Waals surface area contributed by atoms with Crippen LogP contribution in [0, 0.1) is 6.92 Å². The summed E-state index contributed by atoms with van der Waals surface area (Å²) in [5.74, 6) is 0. The van der Waals surface area contributed by atoms with E-state index in [0.29, 0.717) is 6.54 Å². The Morgan fingerprint density at radius 3 is 2.64 bits per heavy atom. The van der Waals surface area contributed by atoms with Gasteiger partial charge in [-0.15, -0.1) is 0 Å². The third kappa shape index (κ3) is 2.64. The molecule has 0 aromatic heterocycles. The van der Waals surface area contributed by atoms with Gasteiger partial charge >= 0.3 is 0 Å². The number of hydrogen-bond donors (Lipinski definition) is 2. The molecule has 0 aliphatic heterocycles. The van der Waals surface area contributed by atoms with E-state index in [1.807, 2.05) is 20.2 Å². The fourth-order valence-electron chi connectivity index (χ4n) is 1.40. The number of nitrogens with one attached hydrogen (secondary N) is 1. The first kappa shape index (κ1) is 10.9. The molecule has 2 N–H and O–H groups in total. The molecule has 0 aliphatic rings. The van der Waals surface area contributed by atoms with Gasteiger partial charge in [0.25, 0.3) is 0 Å². The van der Waals surface area contributed by atoms with Crippen LogP contribution in [-0.2, 0) is 0 Å². The minimum Gasteiger partial charge on any atom is -0.395 e. The zero-order valence-corrected chi connectivity index (χ0v) is 9.04. The van der Waals surface area contributed by atoms with E-state index in [1.54, 1.807) is 0 Å². The van der Waals surface area contributed by atoms with Gasteiger partial charge < -0.3 is 15.3 Å². The van der Waals surface area contributed by atoms with Crippen LogP contribution < -0.4 is 10.2 Å². The maximum atomic E-state index is 8.69. The van der Waals surface area contributed by atoms with Gasteiger partial charge in [-0.25, -0.2) is 0 Å². The van der Waals surface area contributed by atoms with Gasteiger partial charge in [0.2, 0.25) is 0 Å². The summed E-state index contributed by atoms with van der Waals surface area (Å²) < 4.78 is 0. The summed E-state index contributed by atoms with van der Waals surface area (Å²) in [5.41, 5.74) is 3.51. The number of nitrogens with zero attached hydrogens (tertiary/aromatic N) is 1. The summed E-state index contributed by atoms with van der Waals surface area (Å²) in [6, 6.07) is 6.19. The summed E-state index contributed by atoms with van der Waals surface area (Å²) in [6.07, 6.45) is 0. The molecule has 0 atom stereocenters. The summed E-state index contributed by atoms with van der Waals surface area (Å²) in [6.45, 7) is 2.84. The number of hydrogen-bond acceptors (Lipinski definition) is 3. The number of benzene rings is 1. The van der Waals surface area contributed by atoms with Crippen LogP contribution in [0.5, 0.6) is 0 Å². The van der Waals surface area contributed by atoms with E-state index < -0.39 is 0 Å². The summed E-state index contributed by atoms with van der Waals surface area (Å²) in [5, 5.41) is 11.8. The highest BCUT2D eigenvalue weighted by Crippen LogP contribution is 2.22. The Hall–Kier alpha value is -1.22. The normalized spacial score (nSPS) is 10.0. The lowest BCUT2D eigenvalue weighted by atomic mass is 10.1. The highest BCUT2D eigenvalue weighted by atomic mass is 16.3. The molecule has 0 spiro atoms. The van der Waals surface area contributed by atoms with E-state index in [2.05, 4.69) is 29.3 Å². The largest absolute Gasteiger partial charge is 0.395 e. The van der Waals surface area contributed by atoms with Crippen molar-refractivity contribution >= 4 is 11.4 Å². The number of aliphatic hydroxyl groups is 1. The Kier molecular flexibility index (Phi) is 3.77. The molecule has 14 heavy (non-hydrogen) atoms. The Labute approximate surface area is 85.4 Å². The Bertz CT molecular complexity index is 297. The van der Waals surface area contributed by atoms with E-state index in [9.17, 15) is 0 Å². The van der Waals surface area contributed by atoms with Crippen LogP contribution in [-0.4, -0.2) is 32.4 Å². The minimum absolute atomic E-state index is 0.158. The second kappa shape index (κ2) is 4.86. The van der Waals surface area contributed by atoms with E-state index in [4.69, 9.17) is 5.11 Å². The fraction of sp³-hybridized carbons (Fsp3) is 0.455. The number of anilines is 2. The Morgan fingerprint density at radius 1 is 1.36 bits per heavy atom. The van der Waals surface area contributed by atoms with Gasteiger partial charge in [-0.3, -0.25) is 0 Å². The van der Waals surface area contributed by atoms with Crippen LogP contribution in [0.25, 0.3) is 0 Å². The molecule has 0 amide bonds. The molecular formula is C11H18N2O. The standard InChI is InChI=1S/C11H18N2O/c1-9-4-5-10(12-6-7-14)8-11(9)13(2)3/h4-5,8,12,14H,6-7H2,1-3H3. The smallest absolute Gasteiger partial charge is 0.0604 e. The SMILES string of the molecule is Cc1ccc(NCCO)cc1N(C)C. The zero-order chi connectivity index (χ0) is 10.6. The predicted molar refractivity (Wildman–Crippen MR) is 61.1 cm³/mol. The molecule has 78 valence electrons. The predicted octanol–water partition coefficient (Wildman–Crippen LogP) is 1.47. The topological polar surface area (TPSA) is 35.5 Å². The maximum Gasteiger partial charge on any atom is 0.0604 e. The molecule has 1 rings (SSSR count). The molecule has 0 unspecified atom stereocenters. The maximum absolute atomic E-state index is 8.69. The molecule has 0 saturated heterocycles. The van der Waals surface area contributed by atoms with Crippen molar-refractivity contribution in [3.05, 3.63) is 23.8 Å². The van der Waals surface area contributed by atoms with Gasteiger partial charge in [-0.1, -0.05) is 6.07 Å². The molecule has 0 fully saturated rings. The van der Waals surface area contributed by atoms with Crippen molar-refractivity contribution in [1.82, 2.24) is 0 Å². The number of rotatable bonds is 4. The summed E-state index contributed by atoms with van der Waals surface area (Å²) >= 11 is 0. The quantitative estimate of drug-likeness (QED) is 0.762. The van der Waals surface area contributed by atoms with E-state index in [1.165, 1.54) is 11.3 Å². The lowest BCUT2D eigenvalue weighted by molar-refractivity contribution is 0.311. The summed E-state index contributed by atoms with van der Waals surface area (Å²) in [7, 11) is 4.05. The average molecular weight is 194 g/mol. The molecule has 0 aliphatic carbocycles. The van der Waals surface area contributed by atoms with Crippen LogP contribution in [0.4, 0.5) is 11.4 Å². The van der Waals surface area contributed by atoms with Crippen molar-refractivity contribution in [2.75, 3.05) is 37.5 Å². The van der Waals surface area contributed by atoms with Gasteiger partial charge in [0.05, 0.1) is 6.61 Å². The van der Waals surface area contributed by atoms with E-state index in [0.717, 1.165) is 5.69 Å². The molecule has 0 heterocycles. The molecular weight excluding hydrogens is 176 g/mol. The third-order valence-corrected chi connectivity index (χ3v) is 2.13. The molecule has 1 aromatic carbocycles. The van der Waals surface area contributed by atoms with Crippen molar-refractivity contribution in [2.24, 2.45) is 0 Å². The van der Waals surface area contributed by atoms with Crippen LogP contribution in [0.1, 0.15) is 5.56 Å². The highest BCUT2D eigenvalue weighted by Gasteiger charge is 2.01. The number of aryl methyl sites for hydroxylation is 1. The molecule has 3 heteroatoms. The minimum atomic E-state index is 0.158. The van der Waals surface area contributed by atoms with E-state index in [-0.39, 0.29) is 6.61 Å². The van der Waals surface area contributed by atoms with Gasteiger partial charge in [-0.05, 0) is 24.6 Å². The van der Waals surface area contributed by atoms with Crippen molar-refractivity contribution in [3.63, 3.8) is 0 Å². The van der Waals surface area contributed by atoms with Gasteiger partial charge in [0.15, 0.2) is 0 Å². The van der Waals surface area contributed by atoms with Crippen molar-refractivity contribution < 1.29 is 5.11 Å². The molecule has 3 nitrogen and oxygen atoms in total. The lowest BCUT2D eigenvalue weighted by Crippen LogP contribution is -2.11. The molecule has 0 saturated carbocycles. The Balaban J connectivity index is 2.83. The van der Waals surface area contributed by atoms with E-state index >= 15 is 0 Å². The van der Waals surface area contributed by atoms with Crippen molar-refractivity contribution in [3.8, 4) is 0 Å².